The van der Waals surface area contributed by atoms with E-state index in [0.717, 1.165) is 6.42 Å². The lowest BCUT2D eigenvalue weighted by Crippen LogP contribution is -2.40. The molecule has 3 unspecified atom stereocenters. The van der Waals surface area contributed by atoms with Crippen LogP contribution in [0.3, 0.4) is 0 Å². The van der Waals surface area contributed by atoms with Crippen molar-refractivity contribution in [2.45, 2.75) is 37.8 Å². The standard InChI is InChI=1S/C14H18N2O.ClH/c1-8(15)14(17)16-13-11-7-6-9-4-2-3-5-10(9)12(11)13;/h2-5,8,11-13H,6-7,15H2,1H3,(H,16,17);1H/t8-,11?,12?,13?;/m1./s1. The van der Waals surface area contributed by atoms with Gasteiger partial charge in [-0.3, -0.25) is 4.79 Å². The van der Waals surface area contributed by atoms with E-state index in [0.29, 0.717) is 17.9 Å². The zero-order chi connectivity index (χ0) is 12.0. The van der Waals surface area contributed by atoms with Gasteiger partial charge >= 0.3 is 0 Å². The number of carbonyl (C=O) groups is 1. The van der Waals surface area contributed by atoms with Crippen LogP contribution >= 0.6 is 12.4 Å². The van der Waals surface area contributed by atoms with Gasteiger partial charge < -0.3 is 11.1 Å². The average Bonchev–Trinajstić information content (AvgIpc) is 3.03. The van der Waals surface area contributed by atoms with Crippen LogP contribution in [-0.2, 0) is 11.2 Å². The van der Waals surface area contributed by atoms with E-state index in [1.54, 1.807) is 6.92 Å². The molecule has 3 rings (SSSR count). The summed E-state index contributed by atoms with van der Waals surface area (Å²) in [6, 6.07) is 8.49. The summed E-state index contributed by atoms with van der Waals surface area (Å²) < 4.78 is 0. The molecule has 0 radical (unpaired) electrons. The summed E-state index contributed by atoms with van der Waals surface area (Å²) in [7, 11) is 0. The van der Waals surface area contributed by atoms with E-state index in [9.17, 15) is 4.79 Å². The monoisotopic (exact) mass is 266 g/mol. The highest BCUT2D eigenvalue weighted by Crippen LogP contribution is 2.54. The first-order chi connectivity index (χ1) is 8.18. The summed E-state index contributed by atoms with van der Waals surface area (Å²) in [6.45, 7) is 1.73. The predicted molar refractivity (Wildman–Crippen MR) is 73.8 cm³/mol. The number of nitrogens with two attached hydrogens (primary N) is 1. The van der Waals surface area contributed by atoms with E-state index < -0.39 is 6.04 Å². The molecule has 0 heterocycles. The minimum Gasteiger partial charge on any atom is -0.351 e. The quantitative estimate of drug-likeness (QED) is 0.854. The van der Waals surface area contributed by atoms with Gasteiger partial charge in [0.15, 0.2) is 0 Å². The van der Waals surface area contributed by atoms with E-state index in [1.807, 2.05) is 0 Å². The molecule has 0 aromatic heterocycles. The van der Waals surface area contributed by atoms with Gasteiger partial charge in [0.2, 0.25) is 5.91 Å². The van der Waals surface area contributed by atoms with Crippen LogP contribution in [0.2, 0.25) is 0 Å². The Balaban J connectivity index is 0.00000120. The summed E-state index contributed by atoms with van der Waals surface area (Å²) in [6.07, 6.45) is 2.33. The van der Waals surface area contributed by atoms with E-state index in [-0.39, 0.29) is 18.3 Å². The van der Waals surface area contributed by atoms with Gasteiger partial charge in [0.25, 0.3) is 0 Å². The van der Waals surface area contributed by atoms with Crippen molar-refractivity contribution in [2.24, 2.45) is 11.7 Å². The normalized spacial score (nSPS) is 29.3. The molecule has 0 bridgehead atoms. The number of benzene rings is 1. The number of halogens is 1. The van der Waals surface area contributed by atoms with Crippen LogP contribution in [0, 0.1) is 5.92 Å². The van der Waals surface area contributed by atoms with E-state index in [4.69, 9.17) is 5.73 Å². The van der Waals surface area contributed by atoms with Crippen molar-refractivity contribution < 1.29 is 4.79 Å². The Labute approximate surface area is 114 Å². The lowest BCUT2D eigenvalue weighted by Gasteiger charge is -2.13. The van der Waals surface area contributed by atoms with Crippen LogP contribution < -0.4 is 11.1 Å². The fourth-order valence-electron chi connectivity index (χ4n) is 3.06. The summed E-state index contributed by atoms with van der Waals surface area (Å²) in [5.74, 6) is 1.14. The van der Waals surface area contributed by atoms with Gasteiger partial charge in [-0.15, -0.1) is 12.4 Å². The lowest BCUT2D eigenvalue weighted by atomic mass is 9.92. The minimum atomic E-state index is -0.409. The van der Waals surface area contributed by atoms with E-state index >= 15 is 0 Å². The molecule has 0 aliphatic heterocycles. The van der Waals surface area contributed by atoms with Gasteiger partial charge in [0.1, 0.15) is 0 Å². The highest BCUT2D eigenvalue weighted by molar-refractivity contribution is 5.85. The van der Waals surface area contributed by atoms with Crippen molar-refractivity contribution in [3.05, 3.63) is 35.4 Å². The van der Waals surface area contributed by atoms with Crippen LogP contribution in [0.25, 0.3) is 0 Å². The van der Waals surface area contributed by atoms with Crippen LogP contribution in [0.1, 0.15) is 30.4 Å². The lowest BCUT2D eigenvalue weighted by molar-refractivity contribution is -0.122. The molecule has 1 aromatic rings. The Morgan fingerprint density at radius 2 is 2.17 bits per heavy atom. The smallest absolute Gasteiger partial charge is 0.236 e. The molecule has 2 aliphatic carbocycles. The molecule has 1 fully saturated rings. The van der Waals surface area contributed by atoms with Gasteiger partial charge in [-0.2, -0.15) is 0 Å². The number of carbonyl (C=O) groups excluding carboxylic acids is 1. The number of hydrogen-bond donors (Lipinski definition) is 2. The number of nitrogens with one attached hydrogen (secondary N) is 1. The Hall–Kier alpha value is -1.06. The SMILES string of the molecule is C[C@@H](N)C(=O)NC1C2CCc3ccccc3C21.Cl. The van der Waals surface area contributed by atoms with Crippen molar-refractivity contribution in [3.8, 4) is 0 Å². The summed E-state index contributed by atoms with van der Waals surface area (Å²) in [5.41, 5.74) is 8.46. The van der Waals surface area contributed by atoms with Gasteiger partial charge in [-0.05, 0) is 36.8 Å². The average molecular weight is 267 g/mol. The second-order valence-corrected chi connectivity index (χ2v) is 5.25. The Morgan fingerprint density at radius 1 is 1.44 bits per heavy atom. The van der Waals surface area contributed by atoms with Crippen molar-refractivity contribution in [1.82, 2.24) is 5.32 Å². The molecule has 0 spiro atoms. The number of hydrogen-bond acceptors (Lipinski definition) is 2. The molecule has 3 N–H and O–H groups in total. The summed E-state index contributed by atoms with van der Waals surface area (Å²) in [5, 5.41) is 3.07. The third-order valence-electron chi connectivity index (χ3n) is 4.05. The highest BCUT2D eigenvalue weighted by Gasteiger charge is 2.53. The number of rotatable bonds is 2. The van der Waals surface area contributed by atoms with Crippen LogP contribution in [-0.4, -0.2) is 18.0 Å². The first-order valence-corrected chi connectivity index (χ1v) is 6.32. The number of aryl methyl sites for hydroxylation is 1. The molecular weight excluding hydrogens is 248 g/mol. The zero-order valence-corrected chi connectivity index (χ0v) is 11.2. The molecule has 1 aromatic carbocycles. The molecule has 3 nitrogen and oxygen atoms in total. The van der Waals surface area contributed by atoms with Gasteiger partial charge in [0.05, 0.1) is 6.04 Å². The molecular formula is C14H19ClN2O. The highest BCUT2D eigenvalue weighted by atomic mass is 35.5. The largest absolute Gasteiger partial charge is 0.351 e. The maximum atomic E-state index is 11.6. The maximum absolute atomic E-state index is 11.6. The minimum absolute atomic E-state index is 0. The zero-order valence-electron chi connectivity index (χ0n) is 10.4. The van der Waals surface area contributed by atoms with Crippen LogP contribution in [0.4, 0.5) is 0 Å². The molecule has 18 heavy (non-hydrogen) atoms. The predicted octanol–water partition coefficient (Wildman–Crippen LogP) is 1.60. The van der Waals surface area contributed by atoms with Gasteiger partial charge in [-0.1, -0.05) is 24.3 Å². The van der Waals surface area contributed by atoms with Crippen LogP contribution in [0.15, 0.2) is 24.3 Å². The fraction of sp³-hybridized carbons (Fsp3) is 0.500. The Kier molecular flexibility index (Phi) is 3.64. The van der Waals surface area contributed by atoms with Crippen LogP contribution in [0.5, 0.6) is 0 Å². The molecule has 1 amide bonds. The molecule has 1 saturated carbocycles. The van der Waals surface area contributed by atoms with Crippen molar-refractivity contribution in [3.63, 3.8) is 0 Å². The first kappa shape index (κ1) is 13.4. The number of amides is 1. The first-order valence-electron chi connectivity index (χ1n) is 6.32. The van der Waals surface area contributed by atoms with Crippen molar-refractivity contribution >= 4 is 18.3 Å². The summed E-state index contributed by atoms with van der Waals surface area (Å²) in [4.78, 5) is 11.6. The Morgan fingerprint density at radius 3 is 2.89 bits per heavy atom. The topological polar surface area (TPSA) is 55.1 Å². The third kappa shape index (κ3) is 2.13. The second kappa shape index (κ2) is 4.90. The molecule has 4 heteroatoms. The molecule has 4 atom stereocenters. The second-order valence-electron chi connectivity index (χ2n) is 5.25. The fourth-order valence-corrected chi connectivity index (χ4v) is 3.06. The van der Waals surface area contributed by atoms with Crippen molar-refractivity contribution in [2.75, 3.05) is 0 Å². The van der Waals surface area contributed by atoms with E-state index in [2.05, 4.69) is 29.6 Å². The van der Waals surface area contributed by atoms with E-state index in [1.165, 1.54) is 17.5 Å². The maximum Gasteiger partial charge on any atom is 0.236 e. The van der Waals surface area contributed by atoms with Gasteiger partial charge in [-0.25, -0.2) is 0 Å². The molecule has 0 saturated heterocycles. The third-order valence-corrected chi connectivity index (χ3v) is 4.05. The van der Waals surface area contributed by atoms with Crippen molar-refractivity contribution in [1.29, 1.82) is 0 Å². The Bertz CT molecular complexity index is 461. The molecule has 98 valence electrons. The molecule has 2 aliphatic rings. The summed E-state index contributed by atoms with van der Waals surface area (Å²) >= 11 is 0. The van der Waals surface area contributed by atoms with Gasteiger partial charge in [0, 0.05) is 12.0 Å². The number of fused-ring (bicyclic) bond motifs is 3.